The van der Waals surface area contributed by atoms with E-state index in [0.29, 0.717) is 25.4 Å². The molecule has 134 valence electrons. The number of rotatable bonds is 7. The van der Waals surface area contributed by atoms with Crippen LogP contribution in [-0.4, -0.2) is 42.7 Å². The molecule has 0 aliphatic rings. The summed E-state index contributed by atoms with van der Waals surface area (Å²) in [5, 5.41) is 12.6. The molecule has 0 unspecified atom stereocenters. The predicted molar refractivity (Wildman–Crippen MR) is 97.4 cm³/mol. The summed E-state index contributed by atoms with van der Waals surface area (Å²) in [5.74, 6) is 1.38. The van der Waals surface area contributed by atoms with Gasteiger partial charge in [-0.05, 0) is 48.9 Å². The Bertz CT molecular complexity index is 672. The zero-order chi connectivity index (χ0) is 18.1. The molecule has 2 rings (SSSR count). The largest absolute Gasteiger partial charge is 0.508 e. The zero-order valence-electron chi connectivity index (χ0n) is 14.6. The summed E-state index contributed by atoms with van der Waals surface area (Å²) < 4.78 is 18.5. The fourth-order valence-electron chi connectivity index (χ4n) is 2.17. The second kappa shape index (κ2) is 9.52. The van der Waals surface area contributed by atoms with Gasteiger partial charge in [-0.2, -0.15) is 0 Å². The van der Waals surface area contributed by atoms with Gasteiger partial charge in [-0.1, -0.05) is 12.1 Å². The summed E-state index contributed by atoms with van der Waals surface area (Å²) in [6.07, 6.45) is 0. The molecular formula is C19H24FN3O2. The Kier molecular flexibility index (Phi) is 7.07. The third-order valence-electron chi connectivity index (χ3n) is 3.55. The van der Waals surface area contributed by atoms with Gasteiger partial charge in [0.2, 0.25) is 0 Å². The number of hydrogen-bond acceptors (Lipinski definition) is 3. The van der Waals surface area contributed by atoms with Gasteiger partial charge in [-0.25, -0.2) is 9.38 Å². The van der Waals surface area contributed by atoms with Crippen molar-refractivity contribution in [2.75, 3.05) is 26.7 Å². The van der Waals surface area contributed by atoms with E-state index in [1.165, 1.54) is 12.1 Å². The van der Waals surface area contributed by atoms with Gasteiger partial charge in [-0.3, -0.25) is 0 Å². The maximum Gasteiger partial charge on any atom is 0.194 e. The first kappa shape index (κ1) is 18.6. The molecule has 2 N–H and O–H groups in total. The molecule has 0 saturated heterocycles. The van der Waals surface area contributed by atoms with Crippen LogP contribution in [0.2, 0.25) is 0 Å². The van der Waals surface area contributed by atoms with E-state index in [0.717, 1.165) is 18.1 Å². The van der Waals surface area contributed by atoms with Crippen molar-refractivity contribution in [2.45, 2.75) is 13.5 Å². The molecule has 0 radical (unpaired) electrons. The molecule has 0 bridgehead atoms. The van der Waals surface area contributed by atoms with E-state index < -0.39 is 0 Å². The highest BCUT2D eigenvalue weighted by molar-refractivity contribution is 5.79. The maximum absolute atomic E-state index is 12.9. The number of guanidine groups is 1. The summed E-state index contributed by atoms with van der Waals surface area (Å²) in [6, 6.07) is 13.0. The number of likely N-dealkylation sites (N-methyl/N-ethyl adjacent to an activating group) is 1. The van der Waals surface area contributed by atoms with E-state index in [9.17, 15) is 9.50 Å². The van der Waals surface area contributed by atoms with Gasteiger partial charge in [-0.15, -0.1) is 0 Å². The van der Waals surface area contributed by atoms with Crippen molar-refractivity contribution in [3.63, 3.8) is 0 Å². The van der Waals surface area contributed by atoms with Crippen LogP contribution in [0.15, 0.2) is 53.5 Å². The van der Waals surface area contributed by atoms with Gasteiger partial charge < -0.3 is 20.1 Å². The monoisotopic (exact) mass is 345 g/mol. The first-order valence-corrected chi connectivity index (χ1v) is 8.24. The summed E-state index contributed by atoms with van der Waals surface area (Å²) in [4.78, 5) is 6.57. The van der Waals surface area contributed by atoms with Crippen molar-refractivity contribution >= 4 is 5.96 Å². The summed E-state index contributed by atoms with van der Waals surface area (Å²) in [5.41, 5.74) is 1.02. The molecule has 0 saturated carbocycles. The second-order valence-corrected chi connectivity index (χ2v) is 5.56. The van der Waals surface area contributed by atoms with Crippen molar-refractivity contribution in [3.05, 3.63) is 59.9 Å². The Morgan fingerprint density at radius 1 is 1.16 bits per heavy atom. The summed E-state index contributed by atoms with van der Waals surface area (Å²) in [7, 11) is 1.94. The number of phenols is 1. The lowest BCUT2D eigenvalue weighted by atomic mass is 10.2. The number of phenolic OH excluding ortho intramolecular Hbond substituents is 1. The van der Waals surface area contributed by atoms with Gasteiger partial charge in [0.05, 0.1) is 13.1 Å². The Morgan fingerprint density at radius 2 is 1.84 bits per heavy atom. The lowest BCUT2D eigenvalue weighted by Crippen LogP contribution is -2.40. The zero-order valence-corrected chi connectivity index (χ0v) is 14.6. The quantitative estimate of drug-likeness (QED) is 0.598. The molecule has 0 heterocycles. The van der Waals surface area contributed by atoms with Crippen molar-refractivity contribution in [1.82, 2.24) is 10.2 Å². The van der Waals surface area contributed by atoms with E-state index in [2.05, 4.69) is 10.3 Å². The lowest BCUT2D eigenvalue weighted by Gasteiger charge is -2.22. The fraction of sp³-hybridized carbons (Fsp3) is 0.316. The molecule has 0 atom stereocenters. The minimum Gasteiger partial charge on any atom is -0.508 e. The minimum atomic E-state index is -0.278. The van der Waals surface area contributed by atoms with Crippen LogP contribution in [0.5, 0.6) is 11.5 Å². The third kappa shape index (κ3) is 6.33. The van der Waals surface area contributed by atoms with Crippen molar-refractivity contribution < 1.29 is 14.2 Å². The molecule has 5 nitrogen and oxygen atoms in total. The molecule has 0 amide bonds. The lowest BCUT2D eigenvalue weighted by molar-refractivity contribution is 0.281. The fourth-order valence-corrected chi connectivity index (χ4v) is 2.17. The van der Waals surface area contributed by atoms with Gasteiger partial charge in [0.25, 0.3) is 0 Å². The van der Waals surface area contributed by atoms with Crippen LogP contribution in [0.1, 0.15) is 12.5 Å². The van der Waals surface area contributed by atoms with Crippen LogP contribution >= 0.6 is 0 Å². The molecule has 0 aliphatic carbocycles. The van der Waals surface area contributed by atoms with Gasteiger partial charge >= 0.3 is 0 Å². The highest BCUT2D eigenvalue weighted by Gasteiger charge is 2.06. The first-order chi connectivity index (χ1) is 12.1. The van der Waals surface area contributed by atoms with E-state index in [-0.39, 0.29) is 11.6 Å². The van der Waals surface area contributed by atoms with Crippen molar-refractivity contribution in [3.8, 4) is 11.5 Å². The number of benzene rings is 2. The van der Waals surface area contributed by atoms with Crippen LogP contribution in [-0.2, 0) is 6.54 Å². The Balaban J connectivity index is 1.87. The van der Waals surface area contributed by atoms with Crippen LogP contribution in [0.4, 0.5) is 4.39 Å². The number of ether oxygens (including phenoxy) is 1. The highest BCUT2D eigenvalue weighted by atomic mass is 19.1. The summed E-state index contributed by atoms with van der Waals surface area (Å²) in [6.45, 7) is 4.40. The Labute approximate surface area is 147 Å². The second-order valence-electron chi connectivity index (χ2n) is 5.56. The third-order valence-corrected chi connectivity index (χ3v) is 3.55. The van der Waals surface area contributed by atoms with E-state index in [1.807, 2.05) is 31.0 Å². The van der Waals surface area contributed by atoms with Crippen LogP contribution in [0, 0.1) is 5.82 Å². The van der Waals surface area contributed by atoms with Gasteiger partial charge in [0.1, 0.15) is 23.9 Å². The molecule has 2 aromatic carbocycles. The number of nitrogens with one attached hydrogen (secondary N) is 1. The maximum atomic E-state index is 12.9. The standard InChI is InChI=1S/C19H24FN3O2/c1-3-21-19(22-14-15-4-8-17(24)9-5-15)23(2)12-13-25-18-10-6-16(20)7-11-18/h4-11,24H,3,12-14H2,1-2H3,(H,21,22). The average molecular weight is 345 g/mol. The predicted octanol–water partition coefficient (Wildman–Crippen LogP) is 3.01. The molecule has 25 heavy (non-hydrogen) atoms. The Hall–Kier alpha value is -2.76. The molecule has 0 aromatic heterocycles. The minimum absolute atomic E-state index is 0.245. The molecule has 0 aliphatic heterocycles. The molecule has 0 fully saturated rings. The molecule has 2 aromatic rings. The molecule has 6 heteroatoms. The van der Waals surface area contributed by atoms with E-state index >= 15 is 0 Å². The Morgan fingerprint density at radius 3 is 2.48 bits per heavy atom. The molecule has 0 spiro atoms. The van der Waals surface area contributed by atoms with Crippen LogP contribution in [0.25, 0.3) is 0 Å². The van der Waals surface area contributed by atoms with Gasteiger partial charge in [0, 0.05) is 13.6 Å². The van der Waals surface area contributed by atoms with Crippen LogP contribution in [0.3, 0.4) is 0 Å². The SMILES string of the molecule is CCNC(=NCc1ccc(O)cc1)N(C)CCOc1ccc(F)cc1. The topological polar surface area (TPSA) is 57.1 Å². The highest BCUT2D eigenvalue weighted by Crippen LogP contribution is 2.11. The smallest absolute Gasteiger partial charge is 0.194 e. The van der Waals surface area contributed by atoms with Crippen molar-refractivity contribution in [1.29, 1.82) is 0 Å². The number of hydrogen-bond donors (Lipinski definition) is 2. The molecular weight excluding hydrogens is 321 g/mol. The average Bonchev–Trinajstić information content (AvgIpc) is 2.61. The first-order valence-electron chi connectivity index (χ1n) is 8.24. The van der Waals surface area contributed by atoms with E-state index in [1.54, 1.807) is 24.3 Å². The van der Waals surface area contributed by atoms with Gasteiger partial charge in [0.15, 0.2) is 5.96 Å². The number of halogens is 1. The number of aliphatic imine (C=N–C) groups is 1. The number of nitrogens with zero attached hydrogens (tertiary/aromatic N) is 2. The van der Waals surface area contributed by atoms with Crippen LogP contribution < -0.4 is 10.1 Å². The normalized spacial score (nSPS) is 11.2. The summed E-state index contributed by atoms with van der Waals surface area (Å²) >= 11 is 0. The van der Waals surface area contributed by atoms with Crippen molar-refractivity contribution in [2.24, 2.45) is 4.99 Å². The van der Waals surface area contributed by atoms with E-state index in [4.69, 9.17) is 4.74 Å². The number of aromatic hydroxyl groups is 1.